The number of nitrogens with one attached hydrogen (secondary N) is 1. The van der Waals surface area contributed by atoms with Gasteiger partial charge in [0.25, 0.3) is 0 Å². The normalized spacial score (nSPS) is 23.9. The fourth-order valence-electron chi connectivity index (χ4n) is 4.11. The highest BCUT2D eigenvalue weighted by atomic mass is 16.6. The number of amides is 1. The third-order valence-corrected chi connectivity index (χ3v) is 5.80. The van der Waals surface area contributed by atoms with Crippen LogP contribution in [0.1, 0.15) is 42.4 Å². The highest BCUT2D eigenvalue weighted by molar-refractivity contribution is 5.94. The molecule has 0 saturated carbocycles. The second-order valence-corrected chi connectivity index (χ2v) is 7.57. The number of benzene rings is 2. The molecule has 0 saturated heterocycles. The number of aryl methyl sites for hydroxylation is 1. The molecule has 1 N–H and O–H groups in total. The van der Waals surface area contributed by atoms with E-state index in [9.17, 15) is 4.79 Å². The first kappa shape index (κ1) is 17.8. The van der Waals surface area contributed by atoms with Crippen molar-refractivity contribution in [1.82, 2.24) is 5.32 Å². The van der Waals surface area contributed by atoms with E-state index >= 15 is 0 Å². The zero-order valence-electron chi connectivity index (χ0n) is 15.7. The average molecular weight is 362 g/mol. The van der Waals surface area contributed by atoms with Crippen LogP contribution in [0.3, 0.4) is 0 Å². The molecule has 0 radical (unpaired) electrons. The standard InChI is InChI=1S/C23H26N2O2/c1-16-21(25-27-22(16)14-17-8-3-2-4-9-17)15-24-23(26)20-13-7-11-18-10-5-6-12-19(18)20/h2-6,8-10,12,16,20,22H,7,11,13-15H2,1H3,(H,24,26). The van der Waals surface area contributed by atoms with Gasteiger partial charge in [-0.1, -0.05) is 66.7 Å². The number of rotatable bonds is 5. The lowest BCUT2D eigenvalue weighted by Gasteiger charge is -2.24. The minimum atomic E-state index is -0.0479. The molecule has 3 atom stereocenters. The smallest absolute Gasteiger partial charge is 0.227 e. The van der Waals surface area contributed by atoms with Crippen molar-refractivity contribution < 1.29 is 9.63 Å². The molecular formula is C23H26N2O2. The predicted molar refractivity (Wildman–Crippen MR) is 107 cm³/mol. The van der Waals surface area contributed by atoms with Crippen LogP contribution >= 0.6 is 0 Å². The van der Waals surface area contributed by atoms with Crippen LogP contribution in [0.25, 0.3) is 0 Å². The van der Waals surface area contributed by atoms with E-state index in [0.29, 0.717) is 6.54 Å². The summed E-state index contributed by atoms with van der Waals surface area (Å²) in [5.41, 5.74) is 4.66. The van der Waals surface area contributed by atoms with Crippen LogP contribution in [0, 0.1) is 5.92 Å². The highest BCUT2D eigenvalue weighted by Gasteiger charge is 2.32. The number of nitrogens with zero attached hydrogens (tertiary/aromatic N) is 1. The molecule has 0 bridgehead atoms. The Bertz CT molecular complexity index is 831. The van der Waals surface area contributed by atoms with Crippen LogP contribution in [0.5, 0.6) is 0 Å². The van der Waals surface area contributed by atoms with Crippen LogP contribution in [0.4, 0.5) is 0 Å². The Morgan fingerprint density at radius 3 is 2.78 bits per heavy atom. The topological polar surface area (TPSA) is 50.7 Å². The van der Waals surface area contributed by atoms with Gasteiger partial charge in [-0.2, -0.15) is 0 Å². The van der Waals surface area contributed by atoms with Gasteiger partial charge in [0.15, 0.2) is 0 Å². The van der Waals surface area contributed by atoms with Crippen LogP contribution in [-0.2, 0) is 22.5 Å². The molecule has 1 aliphatic heterocycles. The minimum absolute atomic E-state index is 0.0368. The largest absolute Gasteiger partial charge is 0.391 e. The van der Waals surface area contributed by atoms with E-state index < -0.39 is 0 Å². The van der Waals surface area contributed by atoms with Crippen molar-refractivity contribution in [2.24, 2.45) is 11.1 Å². The Kier molecular flexibility index (Phi) is 5.23. The number of fused-ring (bicyclic) bond motifs is 1. The molecule has 140 valence electrons. The fraction of sp³-hybridized carbons (Fsp3) is 0.391. The molecule has 27 heavy (non-hydrogen) atoms. The Hall–Kier alpha value is -2.62. The average Bonchev–Trinajstić information content (AvgIpc) is 3.06. The Balaban J connectivity index is 1.34. The van der Waals surface area contributed by atoms with Crippen LogP contribution in [0.2, 0.25) is 0 Å². The second-order valence-electron chi connectivity index (χ2n) is 7.57. The molecule has 1 amide bonds. The SMILES string of the molecule is CC1C(CNC(=O)C2CCCc3ccccc32)=NOC1Cc1ccccc1. The van der Waals surface area contributed by atoms with Crippen molar-refractivity contribution in [3.63, 3.8) is 0 Å². The van der Waals surface area contributed by atoms with Gasteiger partial charge in [-0.3, -0.25) is 4.79 Å². The number of carbonyl (C=O) groups excluding carboxylic acids is 1. The third-order valence-electron chi connectivity index (χ3n) is 5.80. The molecule has 2 aromatic carbocycles. The summed E-state index contributed by atoms with van der Waals surface area (Å²) < 4.78 is 0. The van der Waals surface area contributed by atoms with E-state index in [0.717, 1.165) is 31.4 Å². The molecule has 2 aromatic rings. The molecule has 2 aliphatic rings. The summed E-state index contributed by atoms with van der Waals surface area (Å²) in [7, 11) is 0. The van der Waals surface area contributed by atoms with Crippen LogP contribution in [0.15, 0.2) is 59.8 Å². The number of hydrogen-bond acceptors (Lipinski definition) is 3. The lowest BCUT2D eigenvalue weighted by molar-refractivity contribution is -0.122. The first-order valence-electron chi connectivity index (χ1n) is 9.84. The fourth-order valence-corrected chi connectivity index (χ4v) is 4.11. The molecule has 4 heteroatoms. The van der Waals surface area contributed by atoms with Gasteiger partial charge in [0, 0.05) is 12.3 Å². The number of hydrogen-bond donors (Lipinski definition) is 1. The van der Waals surface area contributed by atoms with Gasteiger partial charge in [0.05, 0.1) is 18.2 Å². The summed E-state index contributed by atoms with van der Waals surface area (Å²) in [6, 6.07) is 18.6. The summed E-state index contributed by atoms with van der Waals surface area (Å²) in [6.07, 6.45) is 3.92. The van der Waals surface area contributed by atoms with Crippen molar-refractivity contribution in [2.75, 3.05) is 6.54 Å². The molecular weight excluding hydrogens is 336 g/mol. The van der Waals surface area contributed by atoms with Gasteiger partial charge >= 0.3 is 0 Å². The molecule has 1 heterocycles. The Morgan fingerprint density at radius 1 is 1.15 bits per heavy atom. The molecule has 4 rings (SSSR count). The van der Waals surface area contributed by atoms with E-state index in [2.05, 4.69) is 47.7 Å². The monoisotopic (exact) mass is 362 g/mol. The van der Waals surface area contributed by atoms with Crippen molar-refractivity contribution in [3.05, 3.63) is 71.3 Å². The van der Waals surface area contributed by atoms with Gasteiger partial charge in [-0.15, -0.1) is 0 Å². The number of carbonyl (C=O) groups is 1. The molecule has 1 aliphatic carbocycles. The lowest BCUT2D eigenvalue weighted by atomic mass is 9.82. The van der Waals surface area contributed by atoms with Gasteiger partial charge in [-0.25, -0.2) is 0 Å². The van der Waals surface area contributed by atoms with Crippen molar-refractivity contribution in [1.29, 1.82) is 0 Å². The highest BCUT2D eigenvalue weighted by Crippen LogP contribution is 2.31. The van der Waals surface area contributed by atoms with Crippen LogP contribution in [-0.4, -0.2) is 24.3 Å². The maximum Gasteiger partial charge on any atom is 0.227 e. The minimum Gasteiger partial charge on any atom is -0.391 e. The molecule has 0 fully saturated rings. The maximum atomic E-state index is 12.8. The maximum absolute atomic E-state index is 12.8. The molecule has 0 aromatic heterocycles. The van der Waals surface area contributed by atoms with Crippen molar-refractivity contribution in [3.8, 4) is 0 Å². The first-order chi connectivity index (χ1) is 13.2. The molecule has 4 nitrogen and oxygen atoms in total. The van der Waals surface area contributed by atoms with Gasteiger partial charge in [0.1, 0.15) is 6.10 Å². The summed E-state index contributed by atoms with van der Waals surface area (Å²) in [5.74, 6) is 0.251. The quantitative estimate of drug-likeness (QED) is 0.878. The third kappa shape index (κ3) is 3.90. The second kappa shape index (κ2) is 7.95. The van der Waals surface area contributed by atoms with E-state index in [4.69, 9.17) is 4.84 Å². The van der Waals surface area contributed by atoms with Crippen molar-refractivity contribution >= 4 is 11.6 Å². The van der Waals surface area contributed by atoms with Crippen molar-refractivity contribution in [2.45, 2.75) is 44.6 Å². The lowest BCUT2D eigenvalue weighted by Crippen LogP contribution is -2.37. The van der Waals surface area contributed by atoms with Gasteiger partial charge < -0.3 is 10.2 Å². The molecule has 0 spiro atoms. The zero-order chi connectivity index (χ0) is 18.6. The van der Waals surface area contributed by atoms with Gasteiger partial charge in [0.2, 0.25) is 5.91 Å². The molecule has 3 unspecified atom stereocenters. The van der Waals surface area contributed by atoms with E-state index in [1.165, 1.54) is 16.7 Å². The van der Waals surface area contributed by atoms with E-state index in [-0.39, 0.29) is 23.8 Å². The van der Waals surface area contributed by atoms with Crippen LogP contribution < -0.4 is 5.32 Å². The summed E-state index contributed by atoms with van der Waals surface area (Å²) in [6.45, 7) is 2.59. The van der Waals surface area contributed by atoms with Gasteiger partial charge in [-0.05, 0) is 36.0 Å². The summed E-state index contributed by atoms with van der Waals surface area (Å²) in [5, 5.41) is 7.36. The number of oxime groups is 1. The predicted octanol–water partition coefficient (Wildman–Crippen LogP) is 3.86. The summed E-state index contributed by atoms with van der Waals surface area (Å²) >= 11 is 0. The zero-order valence-corrected chi connectivity index (χ0v) is 15.7. The Morgan fingerprint density at radius 2 is 1.93 bits per heavy atom. The van der Waals surface area contributed by atoms with E-state index in [1.807, 2.05) is 24.3 Å². The summed E-state index contributed by atoms with van der Waals surface area (Å²) in [4.78, 5) is 18.4. The Labute approximate surface area is 160 Å². The van der Waals surface area contributed by atoms with E-state index in [1.54, 1.807) is 0 Å². The first-order valence-corrected chi connectivity index (χ1v) is 9.84.